The molecule has 0 radical (unpaired) electrons. The maximum Gasteiger partial charge on any atom is 0.257 e. The summed E-state index contributed by atoms with van der Waals surface area (Å²) in [5.74, 6) is 0.179. The van der Waals surface area contributed by atoms with Gasteiger partial charge in [0.05, 0.1) is 18.2 Å². The number of carbonyl (C=O) groups is 2. The van der Waals surface area contributed by atoms with E-state index in [1.54, 1.807) is 0 Å². The minimum absolute atomic E-state index is 0.0124. The van der Waals surface area contributed by atoms with Crippen LogP contribution in [0, 0.1) is 6.92 Å². The van der Waals surface area contributed by atoms with Gasteiger partial charge in [-0.25, -0.2) is 0 Å². The number of piperazine rings is 1. The molecule has 2 aromatic carbocycles. The van der Waals surface area contributed by atoms with Gasteiger partial charge in [0.15, 0.2) is 0 Å². The summed E-state index contributed by atoms with van der Waals surface area (Å²) in [6.07, 6.45) is 3.87. The number of aryl methyl sites for hydroxylation is 1. The molecule has 0 bridgehead atoms. The molecule has 5 rings (SSSR count). The van der Waals surface area contributed by atoms with Gasteiger partial charge in [0.25, 0.3) is 5.91 Å². The molecule has 0 N–H and O–H groups in total. The highest BCUT2D eigenvalue weighted by Gasteiger charge is 2.34. The lowest BCUT2D eigenvalue weighted by molar-refractivity contribution is -0.137. The second-order valence-corrected chi connectivity index (χ2v) is 9.70. The maximum atomic E-state index is 13.7. The second-order valence-electron chi connectivity index (χ2n) is 9.70. The third kappa shape index (κ3) is 5.00. The Morgan fingerprint density at radius 1 is 0.914 bits per heavy atom. The number of nitrogens with zero attached hydrogens (tertiary/aromatic N) is 5. The maximum absolute atomic E-state index is 13.7. The highest BCUT2D eigenvalue weighted by molar-refractivity contribution is 6.00. The number of aromatic nitrogens is 2. The van der Waals surface area contributed by atoms with Gasteiger partial charge in [0, 0.05) is 37.9 Å². The van der Waals surface area contributed by atoms with Gasteiger partial charge in [-0.15, -0.1) is 0 Å². The Kier molecular flexibility index (Phi) is 6.68. The van der Waals surface area contributed by atoms with Gasteiger partial charge in [-0.2, -0.15) is 5.10 Å². The van der Waals surface area contributed by atoms with E-state index in [1.165, 1.54) is 5.56 Å². The van der Waals surface area contributed by atoms with Crippen molar-refractivity contribution in [2.24, 2.45) is 0 Å². The van der Waals surface area contributed by atoms with Crippen LogP contribution in [0.2, 0.25) is 0 Å². The average Bonchev–Trinajstić information content (AvgIpc) is 3.50. The third-order valence-electron chi connectivity index (χ3n) is 7.19. The summed E-state index contributed by atoms with van der Waals surface area (Å²) in [6, 6.07) is 18.3. The van der Waals surface area contributed by atoms with E-state index >= 15 is 0 Å². The minimum Gasteiger partial charge on any atom is -0.338 e. The molecule has 1 atom stereocenters. The molecule has 2 aliphatic heterocycles. The molecule has 3 heterocycles. The number of rotatable bonds is 5. The first-order chi connectivity index (χ1) is 17.0. The smallest absolute Gasteiger partial charge is 0.257 e. The molecule has 0 saturated carbocycles. The topological polar surface area (TPSA) is 61.7 Å². The number of hydrogen-bond donors (Lipinski definition) is 0. The lowest BCUT2D eigenvalue weighted by Crippen LogP contribution is -2.54. The summed E-state index contributed by atoms with van der Waals surface area (Å²) in [4.78, 5) is 32.6. The minimum atomic E-state index is -0.0232. The Morgan fingerprint density at radius 2 is 1.60 bits per heavy atom. The summed E-state index contributed by atoms with van der Waals surface area (Å²) in [5, 5.41) is 4.82. The van der Waals surface area contributed by atoms with E-state index in [2.05, 4.69) is 17.0 Å². The fraction of sp³-hybridized carbons (Fsp3) is 0.393. The van der Waals surface area contributed by atoms with Crippen LogP contribution < -0.4 is 0 Å². The second kappa shape index (κ2) is 10.0. The number of hydrogen-bond acceptors (Lipinski definition) is 4. The summed E-state index contributed by atoms with van der Waals surface area (Å²) < 4.78 is 1.85. The van der Waals surface area contributed by atoms with Crippen LogP contribution in [-0.2, 0) is 11.3 Å². The fourth-order valence-corrected chi connectivity index (χ4v) is 5.09. The molecule has 7 heteroatoms. The number of likely N-dealkylation sites (tertiary alicyclic amines) is 1. The molecule has 2 fully saturated rings. The van der Waals surface area contributed by atoms with E-state index in [0.29, 0.717) is 44.0 Å². The molecule has 2 amide bonds. The van der Waals surface area contributed by atoms with E-state index in [0.717, 1.165) is 30.5 Å². The van der Waals surface area contributed by atoms with Crippen LogP contribution in [0.25, 0.3) is 11.3 Å². The Labute approximate surface area is 206 Å². The summed E-state index contributed by atoms with van der Waals surface area (Å²) in [5.41, 5.74) is 4.55. The van der Waals surface area contributed by atoms with Crippen LogP contribution in [0.5, 0.6) is 0 Å². The first-order valence-electron chi connectivity index (χ1n) is 12.5. The normalized spacial score (nSPS) is 18.7. The van der Waals surface area contributed by atoms with Crippen LogP contribution in [0.15, 0.2) is 60.8 Å². The van der Waals surface area contributed by atoms with E-state index in [-0.39, 0.29) is 17.9 Å². The molecule has 35 heavy (non-hydrogen) atoms. The molecule has 7 nitrogen and oxygen atoms in total. The van der Waals surface area contributed by atoms with Crippen molar-refractivity contribution in [3.05, 3.63) is 77.5 Å². The van der Waals surface area contributed by atoms with Gasteiger partial charge >= 0.3 is 0 Å². The van der Waals surface area contributed by atoms with Crippen molar-refractivity contribution >= 4 is 11.8 Å². The highest BCUT2D eigenvalue weighted by Crippen LogP contribution is 2.25. The molecule has 2 saturated heterocycles. The van der Waals surface area contributed by atoms with E-state index < -0.39 is 0 Å². The third-order valence-corrected chi connectivity index (χ3v) is 7.19. The first-order valence-corrected chi connectivity index (χ1v) is 12.5. The largest absolute Gasteiger partial charge is 0.338 e. The number of carbonyl (C=O) groups excluding carboxylic acids is 2. The van der Waals surface area contributed by atoms with Gasteiger partial charge in [-0.3, -0.25) is 19.2 Å². The molecule has 1 aromatic heterocycles. The van der Waals surface area contributed by atoms with Gasteiger partial charge < -0.3 is 9.80 Å². The quantitative estimate of drug-likeness (QED) is 0.573. The van der Waals surface area contributed by atoms with Gasteiger partial charge in [-0.05, 0) is 38.9 Å². The van der Waals surface area contributed by atoms with E-state index in [1.807, 2.05) is 77.1 Å². The van der Waals surface area contributed by atoms with Crippen molar-refractivity contribution in [1.29, 1.82) is 0 Å². The van der Waals surface area contributed by atoms with Crippen molar-refractivity contribution in [3.63, 3.8) is 0 Å². The molecule has 0 spiro atoms. The average molecular weight is 472 g/mol. The molecule has 2 aliphatic rings. The zero-order valence-corrected chi connectivity index (χ0v) is 20.6. The lowest BCUT2D eigenvalue weighted by Gasteiger charge is -2.36. The zero-order valence-electron chi connectivity index (χ0n) is 20.6. The SMILES string of the molecule is Cc1ccc(-c2nn(Cc3ccccc3)cc2C(=O)N2CCN(C(=O)C3CCCN3C)CC2)cc1. The fourth-order valence-electron chi connectivity index (χ4n) is 5.09. The molecular weight excluding hydrogens is 438 g/mol. The predicted octanol–water partition coefficient (Wildman–Crippen LogP) is 3.29. The Bertz CT molecular complexity index is 1180. The summed E-state index contributed by atoms with van der Waals surface area (Å²) >= 11 is 0. The van der Waals surface area contributed by atoms with Gasteiger partial charge in [0.2, 0.25) is 5.91 Å². The van der Waals surface area contributed by atoms with Crippen molar-refractivity contribution in [3.8, 4) is 11.3 Å². The van der Waals surface area contributed by atoms with Gasteiger partial charge in [-0.1, -0.05) is 60.2 Å². The van der Waals surface area contributed by atoms with E-state index in [4.69, 9.17) is 5.10 Å². The lowest BCUT2D eigenvalue weighted by atomic mass is 10.1. The standard InChI is InChI=1S/C28H33N5O2/c1-21-10-12-23(13-11-21)26-24(20-33(29-26)19-22-7-4-3-5-8-22)27(34)31-15-17-32(18-16-31)28(35)25-9-6-14-30(25)2/h3-5,7-8,10-13,20,25H,6,9,14-19H2,1-2H3. The van der Waals surface area contributed by atoms with Crippen LogP contribution in [0.4, 0.5) is 0 Å². The van der Waals surface area contributed by atoms with E-state index in [9.17, 15) is 9.59 Å². The van der Waals surface area contributed by atoms with Crippen LogP contribution >= 0.6 is 0 Å². The first kappa shape index (κ1) is 23.3. The summed E-state index contributed by atoms with van der Waals surface area (Å²) in [7, 11) is 2.02. The zero-order chi connectivity index (χ0) is 24.4. The van der Waals surface area contributed by atoms with Crippen molar-refractivity contribution in [2.45, 2.75) is 32.4 Å². The monoisotopic (exact) mass is 471 g/mol. The molecule has 1 unspecified atom stereocenters. The van der Waals surface area contributed by atoms with Crippen LogP contribution in [-0.4, -0.2) is 82.1 Å². The Hall–Kier alpha value is -3.45. The van der Waals surface area contributed by atoms with Crippen molar-refractivity contribution in [1.82, 2.24) is 24.5 Å². The number of likely N-dealkylation sites (N-methyl/N-ethyl adjacent to an activating group) is 1. The van der Waals surface area contributed by atoms with Gasteiger partial charge in [0.1, 0.15) is 5.69 Å². The van der Waals surface area contributed by atoms with Crippen LogP contribution in [0.3, 0.4) is 0 Å². The molecule has 3 aromatic rings. The predicted molar refractivity (Wildman–Crippen MR) is 136 cm³/mol. The highest BCUT2D eigenvalue weighted by atomic mass is 16.2. The summed E-state index contributed by atoms with van der Waals surface area (Å²) in [6.45, 7) is 5.86. The molecule has 0 aliphatic carbocycles. The Morgan fingerprint density at radius 3 is 2.26 bits per heavy atom. The number of benzene rings is 2. The number of amides is 2. The molecular formula is C28H33N5O2. The van der Waals surface area contributed by atoms with Crippen molar-refractivity contribution < 1.29 is 9.59 Å². The molecule has 182 valence electrons. The van der Waals surface area contributed by atoms with Crippen LogP contribution in [0.1, 0.15) is 34.3 Å². The Balaban J connectivity index is 1.34. The van der Waals surface area contributed by atoms with Crippen molar-refractivity contribution in [2.75, 3.05) is 39.8 Å².